The van der Waals surface area contributed by atoms with E-state index in [9.17, 15) is 5.11 Å². The molecule has 1 aliphatic rings. The topological polar surface area (TPSA) is 79.3 Å². The zero-order chi connectivity index (χ0) is 13.6. The van der Waals surface area contributed by atoms with E-state index in [4.69, 9.17) is 4.74 Å². The molecule has 1 aromatic heterocycles. The summed E-state index contributed by atoms with van der Waals surface area (Å²) in [7, 11) is 0. The molecule has 0 radical (unpaired) electrons. The highest BCUT2D eigenvalue weighted by Crippen LogP contribution is 2.20. The monoisotopic (exact) mass is 266 g/mol. The summed E-state index contributed by atoms with van der Waals surface area (Å²) in [5.74, 6) is 1.35. The van der Waals surface area contributed by atoms with Crippen LogP contribution in [0.4, 0.5) is 11.8 Å². The second kappa shape index (κ2) is 6.68. The lowest BCUT2D eigenvalue weighted by Gasteiger charge is -2.32. The van der Waals surface area contributed by atoms with Gasteiger partial charge in [0, 0.05) is 45.3 Å². The molecule has 3 N–H and O–H groups in total. The van der Waals surface area contributed by atoms with Crippen LogP contribution in [0.15, 0.2) is 12.3 Å². The van der Waals surface area contributed by atoms with E-state index >= 15 is 0 Å². The van der Waals surface area contributed by atoms with Crippen molar-refractivity contribution < 1.29 is 9.84 Å². The van der Waals surface area contributed by atoms with Crippen LogP contribution >= 0.6 is 0 Å². The van der Waals surface area contributed by atoms with Gasteiger partial charge < -0.3 is 20.5 Å². The predicted octanol–water partition coefficient (Wildman–Crippen LogP) is 1.25. The van der Waals surface area contributed by atoms with Crippen molar-refractivity contribution in [2.24, 2.45) is 0 Å². The Kier molecular flexibility index (Phi) is 4.93. The number of aliphatic hydroxyl groups is 1. The Morgan fingerprint density at radius 1 is 1.37 bits per heavy atom. The normalized spacial score (nSPS) is 18.0. The fraction of sp³-hybridized carbons (Fsp3) is 0.692. The first-order chi connectivity index (χ1) is 9.22. The molecule has 1 aliphatic heterocycles. The summed E-state index contributed by atoms with van der Waals surface area (Å²) in [6.45, 7) is 4.66. The van der Waals surface area contributed by atoms with Crippen molar-refractivity contribution in [1.29, 1.82) is 0 Å². The maximum absolute atomic E-state index is 10.3. The third kappa shape index (κ3) is 4.33. The molecule has 1 aromatic rings. The Hall–Kier alpha value is -1.40. The number of rotatable bonds is 6. The Morgan fingerprint density at radius 2 is 2.16 bits per heavy atom. The van der Waals surface area contributed by atoms with Gasteiger partial charge in [0.25, 0.3) is 0 Å². The standard InChI is InChI=1S/C13H22N4O2/c1-2-6-14-12-15-7-3-11(17-12)16-10-13(18)4-8-19-9-5-13/h3,7,18H,2,4-6,8-10H2,1H3,(H2,14,15,16,17). The van der Waals surface area contributed by atoms with Gasteiger partial charge in [-0.3, -0.25) is 0 Å². The molecule has 0 saturated carbocycles. The number of anilines is 2. The smallest absolute Gasteiger partial charge is 0.224 e. The van der Waals surface area contributed by atoms with Gasteiger partial charge in [0.2, 0.25) is 5.95 Å². The molecule has 19 heavy (non-hydrogen) atoms. The molecule has 0 bridgehead atoms. The van der Waals surface area contributed by atoms with Crippen molar-refractivity contribution in [3.63, 3.8) is 0 Å². The van der Waals surface area contributed by atoms with E-state index in [0.717, 1.165) is 18.8 Å². The molecule has 1 fully saturated rings. The molecule has 6 heteroatoms. The number of aromatic nitrogens is 2. The SMILES string of the molecule is CCCNc1nccc(NCC2(O)CCOCC2)n1. The average molecular weight is 266 g/mol. The summed E-state index contributed by atoms with van der Waals surface area (Å²) in [4.78, 5) is 8.49. The van der Waals surface area contributed by atoms with Crippen molar-refractivity contribution in [3.8, 4) is 0 Å². The van der Waals surface area contributed by atoms with Crippen LogP contribution in [0.2, 0.25) is 0 Å². The Morgan fingerprint density at radius 3 is 2.89 bits per heavy atom. The second-order valence-electron chi connectivity index (χ2n) is 4.88. The number of nitrogens with zero attached hydrogens (tertiary/aromatic N) is 2. The lowest BCUT2D eigenvalue weighted by atomic mass is 9.94. The first-order valence-corrected chi connectivity index (χ1v) is 6.83. The Bertz CT molecular complexity index is 394. The van der Waals surface area contributed by atoms with E-state index in [0.29, 0.717) is 38.5 Å². The van der Waals surface area contributed by atoms with Gasteiger partial charge in [-0.15, -0.1) is 0 Å². The van der Waals surface area contributed by atoms with Gasteiger partial charge in [-0.05, 0) is 12.5 Å². The largest absolute Gasteiger partial charge is 0.388 e. The fourth-order valence-corrected chi connectivity index (χ4v) is 1.96. The quantitative estimate of drug-likeness (QED) is 0.719. The zero-order valence-corrected chi connectivity index (χ0v) is 11.4. The first-order valence-electron chi connectivity index (χ1n) is 6.83. The highest BCUT2D eigenvalue weighted by molar-refractivity contribution is 5.39. The van der Waals surface area contributed by atoms with E-state index in [1.807, 2.05) is 0 Å². The third-order valence-electron chi connectivity index (χ3n) is 3.21. The molecule has 106 valence electrons. The Balaban J connectivity index is 1.88. The minimum absolute atomic E-state index is 0.487. The fourth-order valence-electron chi connectivity index (χ4n) is 1.96. The van der Waals surface area contributed by atoms with Gasteiger partial charge in [0.15, 0.2) is 0 Å². The first kappa shape index (κ1) is 14.0. The van der Waals surface area contributed by atoms with Crippen molar-refractivity contribution >= 4 is 11.8 Å². The van der Waals surface area contributed by atoms with Gasteiger partial charge >= 0.3 is 0 Å². The van der Waals surface area contributed by atoms with Crippen LogP contribution in [0.3, 0.4) is 0 Å². The van der Waals surface area contributed by atoms with E-state index in [-0.39, 0.29) is 0 Å². The van der Waals surface area contributed by atoms with Crippen molar-refractivity contribution in [2.45, 2.75) is 31.8 Å². The van der Waals surface area contributed by atoms with Gasteiger partial charge in [0.1, 0.15) is 5.82 Å². The summed E-state index contributed by atoms with van der Waals surface area (Å²) in [5.41, 5.74) is -0.694. The molecule has 2 heterocycles. The molecule has 2 rings (SSSR count). The Labute approximate surface area is 113 Å². The molecule has 0 amide bonds. The number of ether oxygens (including phenoxy) is 1. The van der Waals surface area contributed by atoms with Crippen LogP contribution < -0.4 is 10.6 Å². The number of nitrogens with one attached hydrogen (secondary N) is 2. The van der Waals surface area contributed by atoms with E-state index in [2.05, 4.69) is 27.5 Å². The van der Waals surface area contributed by atoms with Crippen LogP contribution in [-0.2, 0) is 4.74 Å². The highest BCUT2D eigenvalue weighted by atomic mass is 16.5. The summed E-state index contributed by atoms with van der Waals surface area (Å²) in [6, 6.07) is 1.81. The molecule has 0 unspecified atom stereocenters. The molecular formula is C13H22N4O2. The molecule has 0 aliphatic carbocycles. The second-order valence-corrected chi connectivity index (χ2v) is 4.88. The van der Waals surface area contributed by atoms with Crippen LogP contribution in [0.1, 0.15) is 26.2 Å². The average Bonchev–Trinajstić information content (AvgIpc) is 2.44. The van der Waals surface area contributed by atoms with Gasteiger partial charge in [-0.25, -0.2) is 4.98 Å². The highest BCUT2D eigenvalue weighted by Gasteiger charge is 2.29. The van der Waals surface area contributed by atoms with Crippen molar-refractivity contribution in [1.82, 2.24) is 9.97 Å². The third-order valence-corrected chi connectivity index (χ3v) is 3.21. The van der Waals surface area contributed by atoms with Gasteiger partial charge in [0.05, 0.1) is 5.60 Å². The van der Waals surface area contributed by atoms with Crippen LogP contribution in [0.25, 0.3) is 0 Å². The maximum Gasteiger partial charge on any atom is 0.224 e. The van der Waals surface area contributed by atoms with Crippen LogP contribution in [0, 0.1) is 0 Å². The zero-order valence-electron chi connectivity index (χ0n) is 11.4. The minimum atomic E-state index is -0.694. The molecular weight excluding hydrogens is 244 g/mol. The lowest BCUT2D eigenvalue weighted by Crippen LogP contribution is -2.42. The molecule has 6 nitrogen and oxygen atoms in total. The van der Waals surface area contributed by atoms with E-state index in [1.54, 1.807) is 12.3 Å². The summed E-state index contributed by atoms with van der Waals surface area (Å²) in [6.07, 6.45) is 4.06. The summed E-state index contributed by atoms with van der Waals surface area (Å²) >= 11 is 0. The minimum Gasteiger partial charge on any atom is -0.388 e. The molecule has 0 spiro atoms. The molecule has 0 aromatic carbocycles. The summed E-state index contributed by atoms with van der Waals surface area (Å²) in [5, 5.41) is 16.7. The number of hydrogen-bond donors (Lipinski definition) is 3. The van der Waals surface area contributed by atoms with Gasteiger partial charge in [-0.1, -0.05) is 6.92 Å². The van der Waals surface area contributed by atoms with E-state index < -0.39 is 5.60 Å². The van der Waals surface area contributed by atoms with Gasteiger partial charge in [-0.2, -0.15) is 4.98 Å². The number of hydrogen-bond acceptors (Lipinski definition) is 6. The molecule has 1 saturated heterocycles. The lowest BCUT2D eigenvalue weighted by molar-refractivity contribution is -0.0543. The van der Waals surface area contributed by atoms with Crippen LogP contribution in [-0.4, -0.2) is 47.0 Å². The maximum atomic E-state index is 10.3. The predicted molar refractivity (Wildman–Crippen MR) is 74.3 cm³/mol. The van der Waals surface area contributed by atoms with Crippen molar-refractivity contribution in [3.05, 3.63) is 12.3 Å². The van der Waals surface area contributed by atoms with E-state index in [1.165, 1.54) is 0 Å². The van der Waals surface area contributed by atoms with Crippen molar-refractivity contribution in [2.75, 3.05) is 36.9 Å². The molecule has 0 atom stereocenters. The summed E-state index contributed by atoms with van der Waals surface area (Å²) < 4.78 is 5.26. The van der Waals surface area contributed by atoms with Crippen LogP contribution in [0.5, 0.6) is 0 Å².